The van der Waals surface area contributed by atoms with E-state index in [1.807, 2.05) is 0 Å². The van der Waals surface area contributed by atoms with Gasteiger partial charge in [-0.2, -0.15) is 13.2 Å². The lowest BCUT2D eigenvalue weighted by molar-refractivity contribution is -0.150. The highest BCUT2D eigenvalue weighted by molar-refractivity contribution is 5.98. The van der Waals surface area contributed by atoms with E-state index in [4.69, 9.17) is 9.47 Å². The fraction of sp³-hybridized carbons (Fsp3) is 0.375. The van der Waals surface area contributed by atoms with Crippen LogP contribution in [0.5, 0.6) is 5.75 Å². The second kappa shape index (κ2) is 10.6. The predicted molar refractivity (Wildman–Crippen MR) is 117 cm³/mol. The van der Waals surface area contributed by atoms with Crippen molar-refractivity contribution in [3.05, 3.63) is 59.7 Å². The molecule has 7 nitrogen and oxygen atoms in total. The Balaban J connectivity index is 1.55. The number of alkyl halides is 3. The van der Waals surface area contributed by atoms with Crippen LogP contribution in [0.3, 0.4) is 0 Å². The molecule has 3 rings (SSSR count). The van der Waals surface area contributed by atoms with Crippen molar-refractivity contribution in [3.8, 4) is 5.75 Å². The van der Waals surface area contributed by atoms with Crippen LogP contribution in [0, 0.1) is 0 Å². The molecule has 1 saturated carbocycles. The highest BCUT2D eigenvalue weighted by Crippen LogP contribution is 2.32. The zero-order chi connectivity index (χ0) is 24.8. The summed E-state index contributed by atoms with van der Waals surface area (Å²) in [4.78, 5) is 37.1. The Morgan fingerprint density at radius 3 is 2.32 bits per heavy atom. The monoisotopic (exact) mass is 478 g/mol. The van der Waals surface area contributed by atoms with Gasteiger partial charge in [0.15, 0.2) is 6.61 Å². The van der Waals surface area contributed by atoms with E-state index >= 15 is 0 Å². The average molecular weight is 478 g/mol. The maximum atomic E-state index is 12.8. The number of carbonyl (C=O) groups excluding carboxylic acids is 3. The van der Waals surface area contributed by atoms with E-state index in [1.54, 1.807) is 6.92 Å². The summed E-state index contributed by atoms with van der Waals surface area (Å²) in [5.41, 5.74) is -1.60. The Kier molecular flexibility index (Phi) is 7.80. The van der Waals surface area contributed by atoms with Crippen LogP contribution >= 0.6 is 0 Å². The molecule has 182 valence electrons. The zero-order valence-corrected chi connectivity index (χ0v) is 18.5. The molecule has 0 saturated heterocycles. The number of amides is 2. The van der Waals surface area contributed by atoms with E-state index in [0.29, 0.717) is 18.4 Å². The average Bonchev–Trinajstić information content (AvgIpc) is 3.27. The van der Waals surface area contributed by atoms with Crippen molar-refractivity contribution < 1.29 is 37.0 Å². The van der Waals surface area contributed by atoms with Crippen LogP contribution in [0.2, 0.25) is 0 Å². The maximum absolute atomic E-state index is 12.8. The molecule has 0 aromatic heterocycles. The number of hydrogen-bond acceptors (Lipinski definition) is 5. The van der Waals surface area contributed by atoms with Gasteiger partial charge in [-0.25, -0.2) is 4.79 Å². The van der Waals surface area contributed by atoms with E-state index < -0.39 is 41.7 Å². The van der Waals surface area contributed by atoms with E-state index in [0.717, 1.165) is 25.0 Å². The molecule has 1 fully saturated rings. The third-order valence-electron chi connectivity index (χ3n) is 5.44. The fourth-order valence-electron chi connectivity index (χ4n) is 3.74. The SMILES string of the molecule is CCOC(=O)C1(NC(=O)c2ccc(OCC(=O)Nc3cccc(C(F)(F)F)c3)cc2)CCCC1. The second-order valence-electron chi connectivity index (χ2n) is 7.90. The van der Waals surface area contributed by atoms with E-state index in [9.17, 15) is 27.6 Å². The van der Waals surface area contributed by atoms with Gasteiger partial charge in [-0.15, -0.1) is 0 Å². The van der Waals surface area contributed by atoms with Crippen LogP contribution < -0.4 is 15.4 Å². The van der Waals surface area contributed by atoms with Gasteiger partial charge in [0.25, 0.3) is 11.8 Å². The van der Waals surface area contributed by atoms with Crippen molar-refractivity contribution in [1.29, 1.82) is 0 Å². The molecule has 0 radical (unpaired) electrons. The second-order valence-corrected chi connectivity index (χ2v) is 7.90. The summed E-state index contributed by atoms with van der Waals surface area (Å²) in [5.74, 6) is -1.22. The highest BCUT2D eigenvalue weighted by atomic mass is 19.4. The third-order valence-corrected chi connectivity index (χ3v) is 5.44. The Bertz CT molecular complexity index is 1030. The molecule has 0 spiro atoms. The number of hydrogen-bond donors (Lipinski definition) is 2. The van der Waals surface area contributed by atoms with E-state index in [1.165, 1.54) is 36.4 Å². The molecule has 2 amide bonds. The predicted octanol–water partition coefficient (Wildman–Crippen LogP) is 4.33. The van der Waals surface area contributed by atoms with Gasteiger partial charge in [0.05, 0.1) is 12.2 Å². The summed E-state index contributed by atoms with van der Waals surface area (Å²) in [6.45, 7) is 1.50. The maximum Gasteiger partial charge on any atom is 0.416 e. The first-order valence-corrected chi connectivity index (χ1v) is 10.8. The lowest BCUT2D eigenvalue weighted by atomic mass is 9.97. The minimum atomic E-state index is -4.51. The summed E-state index contributed by atoms with van der Waals surface area (Å²) >= 11 is 0. The quantitative estimate of drug-likeness (QED) is 0.551. The summed E-state index contributed by atoms with van der Waals surface area (Å²) < 4.78 is 48.8. The number of nitrogens with one attached hydrogen (secondary N) is 2. The van der Waals surface area contributed by atoms with Crippen molar-refractivity contribution in [1.82, 2.24) is 5.32 Å². The summed E-state index contributed by atoms with van der Waals surface area (Å²) in [6, 6.07) is 10.2. The van der Waals surface area contributed by atoms with Crippen LogP contribution in [-0.4, -0.2) is 36.5 Å². The van der Waals surface area contributed by atoms with Gasteiger partial charge in [-0.05, 0) is 62.2 Å². The Morgan fingerprint density at radius 1 is 1.03 bits per heavy atom. The summed E-state index contributed by atoms with van der Waals surface area (Å²) in [7, 11) is 0. The van der Waals surface area contributed by atoms with Gasteiger partial charge >= 0.3 is 12.1 Å². The summed E-state index contributed by atoms with van der Waals surface area (Å²) in [5, 5.41) is 5.15. The molecule has 0 unspecified atom stereocenters. The molecule has 0 atom stereocenters. The number of ether oxygens (including phenoxy) is 2. The van der Waals surface area contributed by atoms with Crippen molar-refractivity contribution >= 4 is 23.5 Å². The molecular weight excluding hydrogens is 453 g/mol. The van der Waals surface area contributed by atoms with Crippen molar-refractivity contribution in [2.24, 2.45) is 0 Å². The van der Waals surface area contributed by atoms with Gasteiger partial charge in [-0.1, -0.05) is 18.9 Å². The first kappa shape index (κ1) is 25.1. The van der Waals surface area contributed by atoms with Crippen molar-refractivity contribution in [2.75, 3.05) is 18.5 Å². The standard InChI is InChI=1S/C24H25F3N2O5/c1-2-33-22(32)23(12-3-4-13-23)29-21(31)16-8-10-19(11-9-16)34-15-20(30)28-18-7-5-6-17(14-18)24(25,26)27/h5-11,14H,2-4,12-13,15H2,1H3,(H,28,30)(H,29,31). The molecule has 0 aliphatic heterocycles. The highest BCUT2D eigenvalue weighted by Gasteiger charge is 2.44. The summed E-state index contributed by atoms with van der Waals surface area (Å²) in [6.07, 6.45) is -1.86. The minimum absolute atomic E-state index is 0.00196. The van der Waals surface area contributed by atoms with Gasteiger partial charge in [-0.3, -0.25) is 9.59 Å². The van der Waals surface area contributed by atoms with Crippen LogP contribution in [0.15, 0.2) is 48.5 Å². The normalized spacial score (nSPS) is 14.8. The number of anilines is 1. The molecule has 0 heterocycles. The smallest absolute Gasteiger partial charge is 0.416 e. The third kappa shape index (κ3) is 6.27. The molecule has 2 aromatic rings. The molecule has 10 heteroatoms. The van der Waals surface area contributed by atoms with Crippen LogP contribution in [0.1, 0.15) is 48.5 Å². The largest absolute Gasteiger partial charge is 0.484 e. The molecule has 1 aliphatic rings. The Labute approximate surface area is 194 Å². The number of halogens is 3. The van der Waals surface area contributed by atoms with Gasteiger partial charge in [0.1, 0.15) is 11.3 Å². The van der Waals surface area contributed by atoms with E-state index in [2.05, 4.69) is 10.6 Å². The lowest BCUT2D eigenvalue weighted by Gasteiger charge is -2.27. The first-order valence-electron chi connectivity index (χ1n) is 10.8. The number of carbonyl (C=O) groups is 3. The number of esters is 1. The number of benzene rings is 2. The minimum Gasteiger partial charge on any atom is -0.484 e. The fourth-order valence-corrected chi connectivity index (χ4v) is 3.74. The van der Waals surface area contributed by atoms with E-state index in [-0.39, 0.29) is 18.0 Å². The molecule has 2 aromatic carbocycles. The molecule has 0 bridgehead atoms. The lowest BCUT2D eigenvalue weighted by Crippen LogP contribution is -2.53. The first-order chi connectivity index (χ1) is 16.1. The Hall–Kier alpha value is -3.56. The van der Waals surface area contributed by atoms with Gasteiger partial charge < -0.3 is 20.1 Å². The van der Waals surface area contributed by atoms with Crippen LogP contribution in [-0.2, 0) is 20.5 Å². The molecule has 1 aliphatic carbocycles. The Morgan fingerprint density at radius 2 is 1.71 bits per heavy atom. The van der Waals surface area contributed by atoms with Crippen LogP contribution in [0.25, 0.3) is 0 Å². The topological polar surface area (TPSA) is 93.7 Å². The molecule has 34 heavy (non-hydrogen) atoms. The zero-order valence-electron chi connectivity index (χ0n) is 18.5. The van der Waals surface area contributed by atoms with Crippen molar-refractivity contribution in [3.63, 3.8) is 0 Å². The molecule has 2 N–H and O–H groups in total. The molecular formula is C24H25F3N2O5. The number of rotatable bonds is 8. The van der Waals surface area contributed by atoms with Crippen LogP contribution in [0.4, 0.5) is 18.9 Å². The van der Waals surface area contributed by atoms with Crippen molar-refractivity contribution in [2.45, 2.75) is 44.3 Å². The van der Waals surface area contributed by atoms with Gasteiger partial charge in [0, 0.05) is 11.3 Å². The van der Waals surface area contributed by atoms with Gasteiger partial charge in [0.2, 0.25) is 0 Å².